The smallest absolute Gasteiger partial charge is 0.282 e. The van der Waals surface area contributed by atoms with E-state index in [4.69, 9.17) is 0 Å². The molecule has 5 nitrogen and oxygen atoms in total. The first kappa shape index (κ1) is 11.7. The Bertz CT molecular complexity index is 676. The largest absolute Gasteiger partial charge is 0.290 e. The third-order valence-electron chi connectivity index (χ3n) is 2.56. The fraction of sp³-hybridized carbons (Fsp3) is 0. The Morgan fingerprint density at radius 1 is 1.21 bits per heavy atom. The number of aromatic nitrogens is 2. The van der Waals surface area contributed by atoms with Crippen LogP contribution >= 0.6 is 11.8 Å². The zero-order chi connectivity index (χ0) is 13.2. The number of hydrogen-bond donors (Lipinski definition) is 1. The van der Waals surface area contributed by atoms with Crippen LogP contribution in [-0.2, 0) is 4.79 Å². The van der Waals surface area contributed by atoms with E-state index in [-0.39, 0.29) is 11.1 Å². The lowest BCUT2D eigenvalue weighted by Gasteiger charge is -1.98. The van der Waals surface area contributed by atoms with Crippen molar-refractivity contribution in [3.8, 4) is 5.69 Å². The van der Waals surface area contributed by atoms with E-state index in [1.165, 1.54) is 0 Å². The zero-order valence-electron chi connectivity index (χ0n) is 9.74. The summed E-state index contributed by atoms with van der Waals surface area (Å²) in [5.74, 6) is -0.359. The normalized spacial score (nSPS) is 16.9. The van der Waals surface area contributed by atoms with Crippen LogP contribution < -0.4 is 5.32 Å². The van der Waals surface area contributed by atoms with Crippen LogP contribution in [0.25, 0.3) is 11.8 Å². The van der Waals surface area contributed by atoms with Crippen LogP contribution in [0, 0.1) is 0 Å². The van der Waals surface area contributed by atoms with Crippen LogP contribution in [0.5, 0.6) is 0 Å². The molecular weight excluding hydrogens is 262 g/mol. The van der Waals surface area contributed by atoms with Crippen LogP contribution in [0.4, 0.5) is 4.79 Å². The number of hydrogen-bond acceptors (Lipinski definition) is 4. The first-order valence-electron chi connectivity index (χ1n) is 5.57. The summed E-state index contributed by atoms with van der Waals surface area (Å²) in [5, 5.41) is 6.09. The van der Waals surface area contributed by atoms with Crippen molar-refractivity contribution in [1.82, 2.24) is 15.1 Å². The predicted octanol–water partition coefficient (Wildman–Crippen LogP) is 2.20. The lowest BCUT2D eigenvalue weighted by Crippen LogP contribution is -2.17. The molecule has 1 aromatic carbocycles. The van der Waals surface area contributed by atoms with Gasteiger partial charge in [0.1, 0.15) is 0 Å². The van der Waals surface area contributed by atoms with E-state index >= 15 is 0 Å². The lowest BCUT2D eigenvalue weighted by molar-refractivity contribution is -0.115. The first-order valence-corrected chi connectivity index (χ1v) is 6.39. The summed E-state index contributed by atoms with van der Waals surface area (Å²) in [4.78, 5) is 22.9. The number of rotatable bonds is 2. The van der Waals surface area contributed by atoms with Gasteiger partial charge in [0.25, 0.3) is 11.1 Å². The van der Waals surface area contributed by atoms with E-state index < -0.39 is 0 Å². The van der Waals surface area contributed by atoms with E-state index in [1.54, 1.807) is 23.2 Å². The molecule has 0 unspecified atom stereocenters. The van der Waals surface area contributed by atoms with Gasteiger partial charge in [-0.15, -0.1) is 0 Å². The van der Waals surface area contributed by atoms with Gasteiger partial charge in [-0.1, -0.05) is 18.2 Å². The molecule has 0 saturated carbocycles. The number of nitrogens with one attached hydrogen (secondary N) is 1. The van der Waals surface area contributed by atoms with Crippen molar-refractivity contribution in [2.45, 2.75) is 0 Å². The highest BCUT2D eigenvalue weighted by Crippen LogP contribution is 2.25. The fourth-order valence-electron chi connectivity index (χ4n) is 1.71. The maximum Gasteiger partial charge on any atom is 0.290 e. The van der Waals surface area contributed by atoms with Crippen molar-refractivity contribution in [1.29, 1.82) is 0 Å². The Morgan fingerprint density at radius 2 is 2.00 bits per heavy atom. The second kappa shape index (κ2) is 4.74. The van der Waals surface area contributed by atoms with Crippen LogP contribution in [-0.4, -0.2) is 20.9 Å². The first-order chi connectivity index (χ1) is 9.22. The summed E-state index contributed by atoms with van der Waals surface area (Å²) < 4.78 is 1.71. The van der Waals surface area contributed by atoms with E-state index in [0.29, 0.717) is 4.91 Å². The topological polar surface area (TPSA) is 64.0 Å². The van der Waals surface area contributed by atoms with Gasteiger partial charge in [0.05, 0.1) is 16.8 Å². The number of thioether (sulfide) groups is 1. The Kier molecular flexibility index (Phi) is 2.92. The molecule has 1 aliphatic heterocycles. The molecule has 0 bridgehead atoms. The van der Waals surface area contributed by atoms with Gasteiger partial charge in [-0.05, 0) is 30.0 Å². The lowest BCUT2D eigenvalue weighted by atomic mass is 10.3. The van der Waals surface area contributed by atoms with Gasteiger partial charge >= 0.3 is 0 Å². The minimum Gasteiger partial charge on any atom is -0.282 e. The second-order valence-corrected chi connectivity index (χ2v) is 4.92. The van der Waals surface area contributed by atoms with E-state index in [9.17, 15) is 9.59 Å². The highest BCUT2D eigenvalue weighted by molar-refractivity contribution is 8.18. The molecule has 2 amide bonds. The molecule has 1 saturated heterocycles. The highest BCUT2D eigenvalue weighted by Gasteiger charge is 2.25. The van der Waals surface area contributed by atoms with Crippen molar-refractivity contribution in [3.63, 3.8) is 0 Å². The molecule has 1 aromatic heterocycles. The summed E-state index contributed by atoms with van der Waals surface area (Å²) >= 11 is 0.898. The van der Waals surface area contributed by atoms with Gasteiger partial charge in [-0.3, -0.25) is 14.9 Å². The van der Waals surface area contributed by atoms with Gasteiger partial charge in [0, 0.05) is 11.8 Å². The zero-order valence-corrected chi connectivity index (χ0v) is 10.6. The van der Waals surface area contributed by atoms with Gasteiger partial charge in [0.2, 0.25) is 0 Å². The maximum atomic E-state index is 11.4. The van der Waals surface area contributed by atoms with Gasteiger partial charge in [-0.2, -0.15) is 5.10 Å². The molecule has 0 spiro atoms. The summed E-state index contributed by atoms with van der Waals surface area (Å²) in [5.41, 5.74) is 1.71. The van der Waals surface area contributed by atoms with Gasteiger partial charge < -0.3 is 0 Å². The standard InChI is InChI=1S/C13H9N3O2S/c17-12-11(19-13(18)15-12)6-9-7-14-16(8-9)10-4-2-1-3-5-10/h1-8H,(H,15,17,18)/b11-6+. The number of imide groups is 1. The van der Waals surface area contributed by atoms with Crippen molar-refractivity contribution in [3.05, 3.63) is 53.2 Å². The minimum atomic E-state index is -0.359. The SMILES string of the molecule is O=C1NC(=O)/C(=C\c2cnn(-c3ccccc3)c2)S1. The number of nitrogens with zero attached hydrogens (tertiary/aromatic N) is 2. The second-order valence-electron chi connectivity index (χ2n) is 3.91. The average molecular weight is 271 g/mol. The Balaban J connectivity index is 1.89. The van der Waals surface area contributed by atoms with Crippen molar-refractivity contribution >= 4 is 29.0 Å². The molecule has 0 atom stereocenters. The number of benzene rings is 1. The molecule has 0 radical (unpaired) electrons. The molecule has 1 N–H and O–H groups in total. The van der Waals surface area contributed by atoms with Crippen LogP contribution in [0.2, 0.25) is 0 Å². The summed E-state index contributed by atoms with van der Waals surface area (Å²) in [6.07, 6.45) is 5.10. The van der Waals surface area contributed by atoms with Crippen LogP contribution in [0.1, 0.15) is 5.56 Å². The van der Waals surface area contributed by atoms with Gasteiger partial charge in [-0.25, -0.2) is 4.68 Å². The molecule has 3 rings (SSSR count). The van der Waals surface area contributed by atoms with Crippen molar-refractivity contribution in [2.24, 2.45) is 0 Å². The highest BCUT2D eigenvalue weighted by atomic mass is 32.2. The quantitative estimate of drug-likeness (QED) is 0.850. The molecule has 0 aliphatic carbocycles. The molecule has 6 heteroatoms. The monoisotopic (exact) mass is 271 g/mol. The van der Waals surface area contributed by atoms with Crippen molar-refractivity contribution < 1.29 is 9.59 Å². The number of carbonyl (C=O) groups is 2. The fourth-order valence-corrected chi connectivity index (χ4v) is 2.39. The van der Waals surface area contributed by atoms with Crippen LogP contribution in [0.15, 0.2) is 47.6 Å². The van der Waals surface area contributed by atoms with E-state index in [1.807, 2.05) is 30.3 Å². The molecule has 2 heterocycles. The third-order valence-corrected chi connectivity index (χ3v) is 3.37. The third kappa shape index (κ3) is 2.43. The van der Waals surface area contributed by atoms with Crippen LogP contribution in [0.3, 0.4) is 0 Å². The number of amides is 2. The molecule has 1 aliphatic rings. The summed E-state index contributed by atoms with van der Waals surface area (Å²) in [6.45, 7) is 0. The van der Waals surface area contributed by atoms with E-state index in [0.717, 1.165) is 23.0 Å². The minimum absolute atomic E-state index is 0.341. The molecule has 1 fully saturated rings. The Labute approximate surface area is 113 Å². The number of carbonyl (C=O) groups excluding carboxylic acids is 2. The Hall–Kier alpha value is -2.34. The van der Waals surface area contributed by atoms with Gasteiger partial charge in [0.15, 0.2) is 0 Å². The summed E-state index contributed by atoms with van der Waals surface area (Å²) in [6, 6.07) is 9.65. The molecule has 19 heavy (non-hydrogen) atoms. The Morgan fingerprint density at radius 3 is 2.68 bits per heavy atom. The average Bonchev–Trinajstić information content (AvgIpc) is 2.99. The van der Waals surface area contributed by atoms with Crippen molar-refractivity contribution in [2.75, 3.05) is 0 Å². The molecule has 2 aromatic rings. The predicted molar refractivity (Wildman–Crippen MR) is 72.7 cm³/mol. The van der Waals surface area contributed by atoms with E-state index in [2.05, 4.69) is 10.4 Å². The number of para-hydroxylation sites is 1. The maximum absolute atomic E-state index is 11.4. The molecular formula is C13H9N3O2S. The molecule has 94 valence electrons. The summed E-state index contributed by atoms with van der Waals surface area (Å²) in [7, 11) is 0.